The molecule has 25 heavy (non-hydrogen) atoms. The Bertz CT molecular complexity index is 475. The maximum atomic E-state index is 13.9. The number of rotatable bonds is 10. The van der Waals surface area contributed by atoms with Crippen LogP contribution in [0, 0.1) is 18.8 Å². The van der Waals surface area contributed by atoms with Crippen molar-refractivity contribution in [1.29, 1.82) is 0 Å². The first-order valence-corrected chi connectivity index (χ1v) is 10.1. The molecule has 0 aliphatic heterocycles. The maximum Gasteiger partial charge on any atom is 0.397 e. The van der Waals surface area contributed by atoms with Gasteiger partial charge in [-0.3, -0.25) is 0 Å². The van der Waals surface area contributed by atoms with E-state index in [0.717, 1.165) is 30.2 Å². The van der Waals surface area contributed by atoms with Gasteiger partial charge in [-0.05, 0) is 37.3 Å². The monoisotopic (exact) mass is 352 g/mol. The lowest BCUT2D eigenvalue weighted by molar-refractivity contribution is -0.181. The molecule has 0 amide bonds. The van der Waals surface area contributed by atoms with Crippen molar-refractivity contribution in [3.8, 4) is 5.75 Å². The van der Waals surface area contributed by atoms with E-state index in [1.807, 2.05) is 6.92 Å². The van der Waals surface area contributed by atoms with E-state index in [4.69, 9.17) is 4.74 Å². The highest BCUT2D eigenvalue weighted by molar-refractivity contribution is 5.26. The van der Waals surface area contributed by atoms with E-state index in [1.165, 1.54) is 44.9 Å². The fraction of sp³-hybridized carbons (Fsp3) is 0.727. The predicted molar refractivity (Wildman–Crippen MR) is 100 cm³/mol. The van der Waals surface area contributed by atoms with Crippen molar-refractivity contribution in [2.45, 2.75) is 90.6 Å². The number of ether oxygens (including phenoxy) is 1. The Balaban J connectivity index is 1.54. The molecule has 0 aromatic heterocycles. The first-order valence-electron chi connectivity index (χ1n) is 10.1. The molecule has 0 atom stereocenters. The number of benzene rings is 1. The summed E-state index contributed by atoms with van der Waals surface area (Å²) in [7, 11) is 0. The minimum Gasteiger partial charge on any atom is -0.433 e. The largest absolute Gasteiger partial charge is 0.433 e. The molecule has 1 aliphatic rings. The lowest BCUT2D eigenvalue weighted by Gasteiger charge is -2.27. The Morgan fingerprint density at radius 2 is 1.52 bits per heavy atom. The van der Waals surface area contributed by atoms with Gasteiger partial charge in [0.25, 0.3) is 0 Å². The van der Waals surface area contributed by atoms with Crippen molar-refractivity contribution in [1.82, 2.24) is 0 Å². The Morgan fingerprint density at radius 3 is 2.16 bits per heavy atom. The number of halogens is 2. The van der Waals surface area contributed by atoms with E-state index in [-0.39, 0.29) is 12.2 Å². The van der Waals surface area contributed by atoms with Gasteiger partial charge in [0.15, 0.2) is 0 Å². The summed E-state index contributed by atoms with van der Waals surface area (Å²) in [6, 6.07) is 6.80. The topological polar surface area (TPSA) is 9.23 Å². The van der Waals surface area contributed by atoms with Crippen LogP contribution in [-0.2, 0) is 0 Å². The highest BCUT2D eigenvalue weighted by atomic mass is 19.3. The molecule has 0 spiro atoms. The van der Waals surface area contributed by atoms with Gasteiger partial charge in [-0.2, -0.15) is 8.78 Å². The molecule has 2 rings (SSSR count). The zero-order valence-corrected chi connectivity index (χ0v) is 15.9. The van der Waals surface area contributed by atoms with Crippen molar-refractivity contribution in [2.75, 3.05) is 0 Å². The van der Waals surface area contributed by atoms with Crippen LogP contribution in [0.1, 0.15) is 83.1 Å². The summed E-state index contributed by atoms with van der Waals surface area (Å²) in [5.74, 6) is 2.08. The standard InChI is InChI=1S/C22H34F2O/c1-3-19-11-13-20(14-12-19)8-6-4-5-7-17-22(23,24)25-21-15-9-18(2)10-16-21/h9-10,15-16,19-20H,3-8,11-14,17H2,1-2H3. The molecule has 1 aromatic carbocycles. The van der Waals surface area contributed by atoms with Gasteiger partial charge in [-0.25, -0.2) is 0 Å². The third kappa shape index (κ3) is 7.75. The molecule has 142 valence electrons. The quantitative estimate of drug-likeness (QED) is 0.396. The normalized spacial score (nSPS) is 21.3. The molecule has 1 aliphatic carbocycles. The fourth-order valence-corrected chi connectivity index (χ4v) is 3.88. The van der Waals surface area contributed by atoms with E-state index in [9.17, 15) is 8.78 Å². The number of hydrogen-bond donors (Lipinski definition) is 0. The van der Waals surface area contributed by atoms with Crippen LogP contribution in [0.25, 0.3) is 0 Å². The summed E-state index contributed by atoms with van der Waals surface area (Å²) in [4.78, 5) is 0. The average Bonchev–Trinajstić information content (AvgIpc) is 2.60. The van der Waals surface area contributed by atoms with E-state index in [0.29, 0.717) is 6.42 Å². The van der Waals surface area contributed by atoms with Gasteiger partial charge >= 0.3 is 6.11 Å². The van der Waals surface area contributed by atoms with Gasteiger partial charge in [0, 0.05) is 0 Å². The number of unbranched alkanes of at least 4 members (excludes halogenated alkanes) is 3. The van der Waals surface area contributed by atoms with E-state index in [2.05, 4.69) is 6.92 Å². The van der Waals surface area contributed by atoms with E-state index >= 15 is 0 Å². The molecule has 0 heterocycles. The SMILES string of the molecule is CCC1CCC(CCCCCCC(F)(F)Oc2ccc(C)cc2)CC1. The Morgan fingerprint density at radius 1 is 0.920 bits per heavy atom. The molecule has 1 fully saturated rings. The highest BCUT2D eigenvalue weighted by Gasteiger charge is 2.30. The van der Waals surface area contributed by atoms with E-state index in [1.54, 1.807) is 24.3 Å². The van der Waals surface area contributed by atoms with E-state index < -0.39 is 6.11 Å². The smallest absolute Gasteiger partial charge is 0.397 e. The maximum absolute atomic E-state index is 13.9. The summed E-state index contributed by atoms with van der Waals surface area (Å²) in [5.41, 5.74) is 1.04. The summed E-state index contributed by atoms with van der Waals surface area (Å²) in [6.07, 6.45) is 8.54. The highest BCUT2D eigenvalue weighted by Crippen LogP contribution is 2.33. The average molecular weight is 353 g/mol. The van der Waals surface area contributed by atoms with Crippen molar-refractivity contribution in [3.05, 3.63) is 29.8 Å². The van der Waals surface area contributed by atoms with Crippen molar-refractivity contribution < 1.29 is 13.5 Å². The van der Waals surface area contributed by atoms with Crippen LogP contribution < -0.4 is 4.74 Å². The molecule has 0 unspecified atom stereocenters. The van der Waals surface area contributed by atoms with Crippen LogP contribution in [0.2, 0.25) is 0 Å². The van der Waals surface area contributed by atoms with Crippen LogP contribution in [0.3, 0.4) is 0 Å². The van der Waals surface area contributed by atoms with Gasteiger partial charge in [0.05, 0.1) is 6.42 Å². The molecule has 1 saturated carbocycles. The lowest BCUT2D eigenvalue weighted by atomic mass is 9.79. The lowest BCUT2D eigenvalue weighted by Crippen LogP contribution is -2.24. The van der Waals surface area contributed by atoms with Crippen LogP contribution >= 0.6 is 0 Å². The zero-order chi connectivity index (χ0) is 18.1. The van der Waals surface area contributed by atoms with Gasteiger partial charge in [0.2, 0.25) is 0 Å². The minimum absolute atomic E-state index is 0.192. The second-order valence-electron chi connectivity index (χ2n) is 7.80. The Labute approximate surface area is 152 Å². The molecule has 0 radical (unpaired) electrons. The molecular formula is C22H34F2O. The molecule has 0 bridgehead atoms. The number of hydrogen-bond acceptors (Lipinski definition) is 1. The first-order chi connectivity index (χ1) is 12.0. The zero-order valence-electron chi connectivity index (χ0n) is 15.9. The van der Waals surface area contributed by atoms with Crippen LogP contribution in [0.15, 0.2) is 24.3 Å². The second-order valence-corrected chi connectivity index (χ2v) is 7.80. The van der Waals surface area contributed by atoms with Crippen molar-refractivity contribution in [3.63, 3.8) is 0 Å². The molecule has 0 N–H and O–H groups in total. The van der Waals surface area contributed by atoms with Crippen LogP contribution in [0.4, 0.5) is 8.78 Å². The van der Waals surface area contributed by atoms with Crippen molar-refractivity contribution in [2.24, 2.45) is 11.8 Å². The Hall–Kier alpha value is -1.12. The minimum atomic E-state index is -3.06. The molecule has 1 aromatic rings. The van der Waals surface area contributed by atoms with Gasteiger partial charge in [-0.1, -0.05) is 82.4 Å². The molecule has 1 nitrogen and oxygen atoms in total. The summed E-state index contributed by atoms with van der Waals surface area (Å²) >= 11 is 0. The predicted octanol–water partition coefficient (Wildman–Crippen LogP) is 7.52. The van der Waals surface area contributed by atoms with Gasteiger partial charge in [0.1, 0.15) is 5.75 Å². The third-order valence-corrected chi connectivity index (χ3v) is 5.66. The summed E-state index contributed by atoms with van der Waals surface area (Å²) in [5, 5.41) is 0. The van der Waals surface area contributed by atoms with Crippen LogP contribution in [-0.4, -0.2) is 6.11 Å². The molecular weight excluding hydrogens is 318 g/mol. The number of alkyl halides is 2. The second kappa shape index (κ2) is 10.1. The van der Waals surface area contributed by atoms with Gasteiger partial charge < -0.3 is 4.74 Å². The van der Waals surface area contributed by atoms with Gasteiger partial charge in [-0.15, -0.1) is 0 Å². The number of aryl methyl sites for hydroxylation is 1. The summed E-state index contributed by atoms with van der Waals surface area (Å²) < 4.78 is 32.6. The molecule has 3 heteroatoms. The summed E-state index contributed by atoms with van der Waals surface area (Å²) in [6.45, 7) is 4.22. The fourth-order valence-electron chi connectivity index (χ4n) is 3.88. The van der Waals surface area contributed by atoms with Crippen LogP contribution in [0.5, 0.6) is 5.75 Å². The van der Waals surface area contributed by atoms with Crippen molar-refractivity contribution >= 4 is 0 Å². The first kappa shape index (κ1) is 20.2. The molecule has 0 saturated heterocycles. The Kier molecular flexibility index (Phi) is 8.18. The third-order valence-electron chi connectivity index (χ3n) is 5.66.